The Morgan fingerprint density at radius 2 is 2.04 bits per heavy atom. The van der Waals surface area contributed by atoms with Crippen molar-refractivity contribution in [2.45, 2.75) is 24.5 Å². The van der Waals surface area contributed by atoms with Crippen LogP contribution in [0.15, 0.2) is 18.5 Å². The van der Waals surface area contributed by atoms with E-state index in [0.717, 1.165) is 51.5 Å². The molecule has 5 heterocycles. The van der Waals surface area contributed by atoms with E-state index in [0.29, 0.717) is 19.0 Å². The molecule has 1 aromatic rings. The summed E-state index contributed by atoms with van der Waals surface area (Å²) in [5.74, 6) is 1.45. The Hall–Kier alpha value is -1.77. The maximum Gasteiger partial charge on any atom is 0.236 e. The highest BCUT2D eigenvalue weighted by Gasteiger charge is 2.63. The summed E-state index contributed by atoms with van der Waals surface area (Å²) in [6.07, 6.45) is 5.77. The summed E-state index contributed by atoms with van der Waals surface area (Å²) in [6, 6.07) is 1.82. The van der Waals surface area contributed by atoms with Gasteiger partial charge >= 0.3 is 0 Å². The second-order valence-electron chi connectivity index (χ2n) is 8.30. The van der Waals surface area contributed by atoms with Crippen molar-refractivity contribution >= 4 is 11.9 Å². The second kappa shape index (κ2) is 6.68. The van der Waals surface area contributed by atoms with E-state index in [1.807, 2.05) is 11.0 Å². The number of likely N-dealkylation sites (tertiary alicyclic amines) is 1. The molecule has 0 saturated carbocycles. The molecular formula is C19H27N5O3. The van der Waals surface area contributed by atoms with Crippen LogP contribution in [0.1, 0.15) is 12.8 Å². The summed E-state index contributed by atoms with van der Waals surface area (Å²) in [5, 5.41) is 9.73. The van der Waals surface area contributed by atoms with Crippen LogP contribution < -0.4 is 4.90 Å². The van der Waals surface area contributed by atoms with Crippen LogP contribution in [0.4, 0.5) is 5.95 Å². The van der Waals surface area contributed by atoms with Crippen LogP contribution in [-0.4, -0.2) is 94.9 Å². The molecule has 0 aromatic carbocycles. The van der Waals surface area contributed by atoms with E-state index in [4.69, 9.17) is 4.74 Å². The van der Waals surface area contributed by atoms with E-state index in [2.05, 4.69) is 19.8 Å². The summed E-state index contributed by atoms with van der Waals surface area (Å²) >= 11 is 0. The van der Waals surface area contributed by atoms with E-state index < -0.39 is 0 Å². The molecule has 4 aliphatic rings. The van der Waals surface area contributed by atoms with E-state index in [-0.39, 0.29) is 30.1 Å². The van der Waals surface area contributed by atoms with Crippen LogP contribution in [0.2, 0.25) is 0 Å². The van der Waals surface area contributed by atoms with Gasteiger partial charge in [-0.25, -0.2) is 9.97 Å². The summed E-state index contributed by atoms with van der Waals surface area (Å²) < 4.78 is 6.23. The number of ether oxygens (including phenoxy) is 1. The van der Waals surface area contributed by atoms with Gasteiger partial charge in [0, 0.05) is 63.6 Å². The highest BCUT2D eigenvalue weighted by Crippen LogP contribution is 2.54. The summed E-state index contributed by atoms with van der Waals surface area (Å²) in [7, 11) is 0. The van der Waals surface area contributed by atoms with Gasteiger partial charge in [0.25, 0.3) is 0 Å². The molecule has 1 N–H and O–H groups in total. The normalized spacial score (nSPS) is 35.7. The van der Waals surface area contributed by atoms with Crippen LogP contribution in [0, 0.1) is 11.8 Å². The van der Waals surface area contributed by atoms with Crippen molar-refractivity contribution in [3.63, 3.8) is 0 Å². The van der Waals surface area contributed by atoms with Gasteiger partial charge in [-0.15, -0.1) is 0 Å². The number of fused-ring (bicyclic) bond motifs is 1. The molecule has 8 heteroatoms. The standard InChI is InChI=1S/C19H27N5O3/c25-12-14-15-10-24(13-19(15)3-2-16(14)27-19)17(26)11-22-6-8-23(9-7-22)18-20-4-1-5-21-18/h1,4-5,14-16,25H,2-3,6-13H2/t14-,15+,16+,19+/m1/s1. The Balaban J connectivity index is 1.16. The molecule has 4 fully saturated rings. The molecule has 4 atom stereocenters. The highest BCUT2D eigenvalue weighted by atomic mass is 16.5. The molecule has 0 radical (unpaired) electrons. The number of aliphatic hydroxyl groups excluding tert-OH is 1. The van der Waals surface area contributed by atoms with Crippen molar-refractivity contribution in [2.75, 3.05) is 57.3 Å². The van der Waals surface area contributed by atoms with Crippen molar-refractivity contribution in [2.24, 2.45) is 11.8 Å². The molecule has 1 spiro atoms. The molecule has 0 aliphatic carbocycles. The molecular weight excluding hydrogens is 346 g/mol. The topological polar surface area (TPSA) is 82.0 Å². The van der Waals surface area contributed by atoms with Gasteiger partial charge in [-0.1, -0.05) is 0 Å². The molecule has 8 nitrogen and oxygen atoms in total. The van der Waals surface area contributed by atoms with Gasteiger partial charge in [0.15, 0.2) is 0 Å². The van der Waals surface area contributed by atoms with Gasteiger partial charge in [0.05, 0.1) is 24.8 Å². The molecule has 4 saturated heterocycles. The number of aromatic nitrogens is 2. The zero-order valence-corrected chi connectivity index (χ0v) is 15.5. The minimum Gasteiger partial charge on any atom is -0.396 e. The summed E-state index contributed by atoms with van der Waals surface area (Å²) in [5.41, 5.74) is -0.183. The minimum absolute atomic E-state index is 0.169. The van der Waals surface area contributed by atoms with Gasteiger partial charge in [-0.3, -0.25) is 9.69 Å². The number of carbonyl (C=O) groups is 1. The first-order valence-corrected chi connectivity index (χ1v) is 9.99. The lowest BCUT2D eigenvalue weighted by Gasteiger charge is -2.35. The van der Waals surface area contributed by atoms with Gasteiger partial charge < -0.3 is 19.6 Å². The van der Waals surface area contributed by atoms with E-state index >= 15 is 0 Å². The second-order valence-corrected chi connectivity index (χ2v) is 8.30. The maximum absolute atomic E-state index is 12.9. The Labute approximate surface area is 159 Å². The minimum atomic E-state index is -0.183. The predicted octanol–water partition coefficient (Wildman–Crippen LogP) is -0.403. The third-order valence-electron chi connectivity index (χ3n) is 6.91. The average molecular weight is 373 g/mol. The number of aliphatic hydroxyl groups is 1. The number of amides is 1. The third-order valence-corrected chi connectivity index (χ3v) is 6.91. The zero-order chi connectivity index (χ0) is 18.4. The van der Waals surface area contributed by atoms with E-state index in [9.17, 15) is 9.90 Å². The number of hydrogen-bond acceptors (Lipinski definition) is 7. The zero-order valence-electron chi connectivity index (χ0n) is 15.5. The van der Waals surface area contributed by atoms with Crippen molar-refractivity contribution < 1.29 is 14.6 Å². The third kappa shape index (κ3) is 2.90. The molecule has 0 unspecified atom stereocenters. The summed E-state index contributed by atoms with van der Waals surface area (Å²) in [4.78, 5) is 27.9. The van der Waals surface area contributed by atoms with Gasteiger partial charge in [-0.05, 0) is 18.9 Å². The van der Waals surface area contributed by atoms with Gasteiger partial charge in [0.2, 0.25) is 11.9 Å². The highest BCUT2D eigenvalue weighted by molar-refractivity contribution is 5.79. The number of carbonyl (C=O) groups excluding carboxylic acids is 1. The Morgan fingerprint density at radius 1 is 1.26 bits per heavy atom. The number of anilines is 1. The molecule has 1 amide bonds. The Morgan fingerprint density at radius 3 is 2.78 bits per heavy atom. The van der Waals surface area contributed by atoms with Gasteiger partial charge in [-0.2, -0.15) is 0 Å². The van der Waals surface area contributed by atoms with Crippen LogP contribution >= 0.6 is 0 Å². The molecule has 27 heavy (non-hydrogen) atoms. The number of nitrogens with zero attached hydrogens (tertiary/aromatic N) is 5. The number of hydrogen-bond donors (Lipinski definition) is 1. The first kappa shape index (κ1) is 17.3. The van der Waals surface area contributed by atoms with E-state index in [1.165, 1.54) is 0 Å². The molecule has 2 bridgehead atoms. The van der Waals surface area contributed by atoms with Crippen molar-refractivity contribution in [1.29, 1.82) is 0 Å². The quantitative estimate of drug-likeness (QED) is 0.769. The smallest absolute Gasteiger partial charge is 0.236 e. The number of rotatable bonds is 4. The molecule has 4 aliphatic heterocycles. The van der Waals surface area contributed by atoms with Crippen LogP contribution in [0.5, 0.6) is 0 Å². The van der Waals surface area contributed by atoms with Crippen LogP contribution in [0.25, 0.3) is 0 Å². The molecule has 5 rings (SSSR count). The van der Waals surface area contributed by atoms with Crippen molar-refractivity contribution in [3.8, 4) is 0 Å². The van der Waals surface area contributed by atoms with Crippen molar-refractivity contribution in [3.05, 3.63) is 18.5 Å². The van der Waals surface area contributed by atoms with Gasteiger partial charge in [0.1, 0.15) is 0 Å². The maximum atomic E-state index is 12.9. The first-order valence-electron chi connectivity index (χ1n) is 9.99. The largest absolute Gasteiger partial charge is 0.396 e. The average Bonchev–Trinajstić information content (AvgIpc) is 3.37. The predicted molar refractivity (Wildman–Crippen MR) is 98.2 cm³/mol. The monoisotopic (exact) mass is 373 g/mol. The van der Waals surface area contributed by atoms with E-state index in [1.54, 1.807) is 12.4 Å². The fraction of sp³-hybridized carbons (Fsp3) is 0.737. The lowest BCUT2D eigenvalue weighted by atomic mass is 9.74. The lowest BCUT2D eigenvalue weighted by molar-refractivity contribution is -0.133. The number of piperazine rings is 1. The Kier molecular flexibility index (Phi) is 4.29. The molecule has 146 valence electrons. The van der Waals surface area contributed by atoms with Crippen LogP contribution in [-0.2, 0) is 9.53 Å². The molecule has 1 aromatic heterocycles. The fourth-order valence-electron chi connectivity index (χ4n) is 5.48. The fourth-order valence-corrected chi connectivity index (χ4v) is 5.48. The lowest BCUT2D eigenvalue weighted by Crippen LogP contribution is -2.50. The van der Waals surface area contributed by atoms with Crippen molar-refractivity contribution in [1.82, 2.24) is 19.8 Å². The summed E-state index contributed by atoms with van der Waals surface area (Å²) in [6.45, 7) is 5.40. The first-order chi connectivity index (χ1) is 13.2. The SMILES string of the molecule is O=C(CN1CCN(c2ncccn2)CC1)N1C[C@H]2[C@@H](CO)[C@@H]3CC[C@@]2(C1)O3. The Bertz CT molecular complexity index is 696. The van der Waals surface area contributed by atoms with Crippen LogP contribution in [0.3, 0.4) is 0 Å².